The fraction of sp³-hybridized carbons (Fsp3) is 0.930. The highest BCUT2D eigenvalue weighted by molar-refractivity contribution is 7.47. The molecular weight excluding hydrogens is 1020 g/mol. The minimum Gasteiger partial charge on any atom is -0.462 e. The quantitative estimate of drug-likeness (QED) is 0.0222. The van der Waals surface area contributed by atoms with Crippen molar-refractivity contribution in [3.05, 3.63) is 0 Å². The topological polar surface area (TPSA) is 237 Å². The number of phosphoric acid groups is 2. The summed E-state index contributed by atoms with van der Waals surface area (Å²) in [5.74, 6) is -2.15. The smallest absolute Gasteiger partial charge is 0.462 e. The molecule has 0 spiro atoms. The number of hydrogen-bond acceptors (Lipinski definition) is 15. The molecule has 2 unspecified atom stereocenters. The first-order valence-corrected chi connectivity index (χ1v) is 33.3. The van der Waals surface area contributed by atoms with Crippen LogP contribution in [0.1, 0.15) is 285 Å². The van der Waals surface area contributed by atoms with Crippen LogP contribution in [0, 0.1) is 0 Å². The molecule has 450 valence electrons. The number of phosphoric ester groups is 2. The van der Waals surface area contributed by atoms with Crippen LogP contribution in [0.5, 0.6) is 0 Å². The number of rotatable bonds is 58. The molecule has 0 bridgehead atoms. The molecule has 0 saturated carbocycles. The van der Waals surface area contributed by atoms with E-state index in [-0.39, 0.29) is 25.7 Å². The van der Waals surface area contributed by atoms with Crippen LogP contribution in [-0.2, 0) is 65.4 Å². The lowest BCUT2D eigenvalue weighted by atomic mass is 10.0. The molecule has 17 nitrogen and oxygen atoms in total. The third-order valence-electron chi connectivity index (χ3n) is 13.1. The van der Waals surface area contributed by atoms with Gasteiger partial charge in [-0.3, -0.25) is 37.3 Å². The highest BCUT2D eigenvalue weighted by atomic mass is 31.2. The van der Waals surface area contributed by atoms with Gasteiger partial charge in [0.15, 0.2) is 12.2 Å². The first-order valence-electron chi connectivity index (χ1n) is 30.3. The molecule has 5 atom stereocenters. The standard InChI is InChI=1S/C57H110O17P2/c1-5-9-13-17-21-22-23-24-25-26-27-28-32-36-40-44-57(62)74-53(48-68-55(60)42-38-34-30-19-15-11-7-3)50-72-76(65,66)70-46-51(58)45-69-75(63,64)71-49-52(73-56(61)43-39-35-31-20-16-12-8-4)47-67-54(59)41-37-33-29-18-14-10-6-2/h51-53,58H,5-50H2,1-4H3,(H,63,64)(H,65,66)/t51-,52+,53+/m0/s1. The van der Waals surface area contributed by atoms with Crippen LogP contribution in [0.15, 0.2) is 0 Å². The van der Waals surface area contributed by atoms with E-state index in [1.54, 1.807) is 0 Å². The zero-order valence-corrected chi connectivity index (χ0v) is 50.0. The van der Waals surface area contributed by atoms with E-state index in [0.29, 0.717) is 25.7 Å². The predicted octanol–water partition coefficient (Wildman–Crippen LogP) is 15.2. The first kappa shape index (κ1) is 74.1. The fourth-order valence-electron chi connectivity index (χ4n) is 8.40. The Morgan fingerprint density at radius 2 is 0.526 bits per heavy atom. The van der Waals surface area contributed by atoms with Gasteiger partial charge in [-0.05, 0) is 25.7 Å². The fourth-order valence-corrected chi connectivity index (χ4v) is 9.98. The van der Waals surface area contributed by atoms with E-state index in [0.717, 1.165) is 128 Å². The van der Waals surface area contributed by atoms with Crippen LogP contribution < -0.4 is 0 Å². The molecule has 0 rings (SSSR count). The van der Waals surface area contributed by atoms with Crippen molar-refractivity contribution in [1.29, 1.82) is 0 Å². The number of ether oxygens (including phenoxy) is 4. The maximum Gasteiger partial charge on any atom is 0.472 e. The molecule has 0 aromatic rings. The Hall–Kier alpha value is -1.94. The van der Waals surface area contributed by atoms with E-state index in [4.69, 9.17) is 37.0 Å². The van der Waals surface area contributed by atoms with Crippen LogP contribution in [0.4, 0.5) is 0 Å². The van der Waals surface area contributed by atoms with E-state index >= 15 is 0 Å². The summed E-state index contributed by atoms with van der Waals surface area (Å²) >= 11 is 0. The normalized spacial score (nSPS) is 14.4. The molecule has 19 heteroatoms. The lowest BCUT2D eigenvalue weighted by molar-refractivity contribution is -0.161. The zero-order chi connectivity index (χ0) is 56.2. The van der Waals surface area contributed by atoms with Crippen LogP contribution in [-0.4, -0.2) is 96.7 Å². The number of carbonyl (C=O) groups is 4. The second-order valence-corrected chi connectivity index (χ2v) is 23.6. The van der Waals surface area contributed by atoms with Gasteiger partial charge in [0.2, 0.25) is 0 Å². The van der Waals surface area contributed by atoms with Gasteiger partial charge < -0.3 is 33.8 Å². The third kappa shape index (κ3) is 51.5. The van der Waals surface area contributed by atoms with E-state index < -0.39 is 97.5 Å². The number of hydrogen-bond donors (Lipinski definition) is 3. The summed E-state index contributed by atoms with van der Waals surface area (Å²) in [7, 11) is -9.86. The van der Waals surface area contributed by atoms with Gasteiger partial charge in [0.1, 0.15) is 19.3 Å². The van der Waals surface area contributed by atoms with Crippen LogP contribution in [0.3, 0.4) is 0 Å². The van der Waals surface area contributed by atoms with Crippen LogP contribution >= 0.6 is 15.6 Å². The Bertz CT molecular complexity index is 1490. The molecule has 0 aliphatic carbocycles. The Balaban J connectivity index is 5.13. The molecule has 0 aromatic heterocycles. The number of aliphatic hydroxyl groups excluding tert-OH is 1. The molecule has 3 N–H and O–H groups in total. The van der Waals surface area contributed by atoms with Crippen LogP contribution in [0.2, 0.25) is 0 Å². The minimum atomic E-state index is -4.93. The molecule has 76 heavy (non-hydrogen) atoms. The molecule has 0 aromatic carbocycles. The predicted molar refractivity (Wildman–Crippen MR) is 299 cm³/mol. The SMILES string of the molecule is CCCCCCCCCCCCCCCCCC(=O)O[C@H](COC(=O)CCCCCCCCC)COP(=O)(O)OC[C@@H](O)COP(=O)(O)OC[C@@H](COC(=O)CCCCCCCCC)OC(=O)CCCCCCCCC. The van der Waals surface area contributed by atoms with E-state index in [1.165, 1.54) is 77.0 Å². The van der Waals surface area contributed by atoms with Gasteiger partial charge in [-0.2, -0.15) is 0 Å². The number of esters is 4. The Morgan fingerprint density at radius 1 is 0.316 bits per heavy atom. The highest BCUT2D eigenvalue weighted by Crippen LogP contribution is 2.45. The van der Waals surface area contributed by atoms with Gasteiger partial charge in [0, 0.05) is 25.7 Å². The Morgan fingerprint density at radius 3 is 0.776 bits per heavy atom. The molecule has 0 heterocycles. The largest absolute Gasteiger partial charge is 0.472 e. The number of aliphatic hydroxyl groups is 1. The van der Waals surface area contributed by atoms with Gasteiger partial charge in [-0.1, -0.05) is 233 Å². The molecular formula is C57H110O17P2. The highest BCUT2D eigenvalue weighted by Gasteiger charge is 2.30. The summed E-state index contributed by atoms with van der Waals surface area (Å²) in [6.07, 6.45) is 35.2. The Kier molecular flexibility index (Phi) is 51.1. The molecule has 0 aliphatic rings. The second-order valence-electron chi connectivity index (χ2n) is 20.7. The van der Waals surface area contributed by atoms with Crippen molar-refractivity contribution >= 4 is 39.5 Å². The molecule has 0 amide bonds. The van der Waals surface area contributed by atoms with Crippen LogP contribution in [0.25, 0.3) is 0 Å². The summed E-state index contributed by atoms with van der Waals surface area (Å²) in [5.41, 5.74) is 0. The second kappa shape index (κ2) is 52.4. The van der Waals surface area contributed by atoms with Crippen molar-refractivity contribution < 1.29 is 80.2 Å². The maximum absolute atomic E-state index is 12.9. The lowest BCUT2D eigenvalue weighted by Crippen LogP contribution is -2.30. The summed E-state index contributed by atoms with van der Waals surface area (Å²) in [4.78, 5) is 71.5. The molecule has 0 fully saturated rings. The van der Waals surface area contributed by atoms with E-state index in [2.05, 4.69) is 27.7 Å². The first-order chi connectivity index (χ1) is 36.7. The van der Waals surface area contributed by atoms with Crippen molar-refractivity contribution in [1.82, 2.24) is 0 Å². The van der Waals surface area contributed by atoms with Crippen molar-refractivity contribution in [2.24, 2.45) is 0 Å². The van der Waals surface area contributed by atoms with Gasteiger partial charge >= 0.3 is 39.5 Å². The van der Waals surface area contributed by atoms with Gasteiger partial charge in [-0.25, -0.2) is 9.13 Å². The lowest BCUT2D eigenvalue weighted by Gasteiger charge is -2.21. The van der Waals surface area contributed by atoms with Crippen molar-refractivity contribution in [2.45, 2.75) is 303 Å². The van der Waals surface area contributed by atoms with Crippen molar-refractivity contribution in [3.63, 3.8) is 0 Å². The summed E-state index contributed by atoms with van der Waals surface area (Å²) in [5, 5.41) is 10.5. The summed E-state index contributed by atoms with van der Waals surface area (Å²) in [6.45, 7) is 4.72. The van der Waals surface area contributed by atoms with Gasteiger partial charge in [0.05, 0.1) is 26.4 Å². The average molecular weight is 1130 g/mol. The number of unbranched alkanes of at least 4 members (excludes halogenated alkanes) is 32. The van der Waals surface area contributed by atoms with E-state index in [9.17, 15) is 43.2 Å². The monoisotopic (exact) mass is 1130 g/mol. The average Bonchev–Trinajstić information content (AvgIpc) is 3.39. The molecule has 0 aliphatic heterocycles. The Labute approximate surface area is 460 Å². The maximum atomic E-state index is 12.9. The third-order valence-corrected chi connectivity index (χ3v) is 15.0. The van der Waals surface area contributed by atoms with Crippen molar-refractivity contribution in [3.8, 4) is 0 Å². The van der Waals surface area contributed by atoms with Crippen molar-refractivity contribution in [2.75, 3.05) is 39.6 Å². The molecule has 0 radical (unpaired) electrons. The van der Waals surface area contributed by atoms with Gasteiger partial charge in [-0.15, -0.1) is 0 Å². The molecule has 0 saturated heterocycles. The minimum absolute atomic E-state index is 0.104. The summed E-state index contributed by atoms with van der Waals surface area (Å²) in [6, 6.07) is 0. The number of carbonyl (C=O) groups excluding carboxylic acids is 4. The summed E-state index contributed by atoms with van der Waals surface area (Å²) < 4.78 is 67.4. The van der Waals surface area contributed by atoms with Gasteiger partial charge in [0.25, 0.3) is 0 Å². The zero-order valence-electron chi connectivity index (χ0n) is 48.2. The van der Waals surface area contributed by atoms with E-state index in [1.807, 2.05) is 0 Å².